The zero-order valence-electron chi connectivity index (χ0n) is 9.54. The molecule has 0 bridgehead atoms. The molecule has 1 aromatic carbocycles. The van der Waals surface area contributed by atoms with Crippen LogP contribution in [-0.4, -0.2) is 22.5 Å². The van der Waals surface area contributed by atoms with Gasteiger partial charge in [-0.1, -0.05) is 41.9 Å². The Labute approximate surface area is 110 Å². The highest BCUT2D eigenvalue weighted by Gasteiger charge is 2.08. The van der Waals surface area contributed by atoms with Crippen molar-refractivity contribution in [3.8, 4) is 0 Å². The highest BCUT2D eigenvalue weighted by atomic mass is 35.5. The van der Waals surface area contributed by atoms with Crippen LogP contribution in [0.25, 0.3) is 0 Å². The standard InChI is InChI=1S/C13H11ClN2O2/c14-12-9-15-11(8-16-12)13(17)18-7-6-10-4-2-1-3-5-10/h1-5,8-9H,6-7H2. The van der Waals surface area contributed by atoms with Gasteiger partial charge in [0, 0.05) is 6.42 Å². The van der Waals surface area contributed by atoms with E-state index in [1.165, 1.54) is 12.4 Å². The van der Waals surface area contributed by atoms with Crippen molar-refractivity contribution in [3.63, 3.8) is 0 Å². The molecule has 1 aromatic heterocycles. The number of nitrogens with zero attached hydrogens (tertiary/aromatic N) is 2. The lowest BCUT2D eigenvalue weighted by Crippen LogP contribution is -2.10. The Morgan fingerprint density at radius 1 is 1.17 bits per heavy atom. The van der Waals surface area contributed by atoms with Gasteiger partial charge in [0.25, 0.3) is 0 Å². The molecule has 0 spiro atoms. The van der Waals surface area contributed by atoms with E-state index in [9.17, 15) is 4.79 Å². The molecule has 92 valence electrons. The number of benzene rings is 1. The second-order valence-electron chi connectivity index (χ2n) is 3.60. The van der Waals surface area contributed by atoms with Crippen molar-refractivity contribution in [3.05, 3.63) is 59.1 Å². The van der Waals surface area contributed by atoms with Crippen LogP contribution in [0.15, 0.2) is 42.7 Å². The zero-order chi connectivity index (χ0) is 12.8. The third-order valence-electron chi connectivity index (χ3n) is 2.30. The van der Waals surface area contributed by atoms with Gasteiger partial charge >= 0.3 is 5.97 Å². The van der Waals surface area contributed by atoms with Crippen LogP contribution in [0.2, 0.25) is 5.15 Å². The van der Waals surface area contributed by atoms with Gasteiger partial charge in [-0.05, 0) is 5.56 Å². The fraction of sp³-hybridized carbons (Fsp3) is 0.154. The molecule has 2 aromatic rings. The minimum Gasteiger partial charge on any atom is -0.461 e. The predicted octanol–water partition coefficient (Wildman–Crippen LogP) is 2.53. The first kappa shape index (κ1) is 12.5. The fourth-order valence-electron chi connectivity index (χ4n) is 1.40. The number of hydrogen-bond acceptors (Lipinski definition) is 4. The smallest absolute Gasteiger partial charge is 0.358 e. The molecule has 4 nitrogen and oxygen atoms in total. The summed E-state index contributed by atoms with van der Waals surface area (Å²) in [4.78, 5) is 19.2. The molecule has 5 heteroatoms. The lowest BCUT2D eigenvalue weighted by Gasteiger charge is -2.04. The summed E-state index contributed by atoms with van der Waals surface area (Å²) in [5.74, 6) is -0.491. The summed E-state index contributed by atoms with van der Waals surface area (Å²) in [5.41, 5.74) is 1.28. The average molecular weight is 263 g/mol. The summed E-state index contributed by atoms with van der Waals surface area (Å²) in [6, 6.07) is 9.80. The molecule has 0 saturated carbocycles. The van der Waals surface area contributed by atoms with Crippen LogP contribution in [0.4, 0.5) is 0 Å². The van der Waals surface area contributed by atoms with Gasteiger partial charge in [0.2, 0.25) is 0 Å². The summed E-state index contributed by atoms with van der Waals surface area (Å²) >= 11 is 5.58. The summed E-state index contributed by atoms with van der Waals surface area (Å²) in [7, 11) is 0. The lowest BCUT2D eigenvalue weighted by molar-refractivity contribution is 0.0502. The van der Waals surface area contributed by atoms with Crippen molar-refractivity contribution in [2.24, 2.45) is 0 Å². The lowest BCUT2D eigenvalue weighted by atomic mass is 10.2. The number of carbonyl (C=O) groups excluding carboxylic acids is 1. The van der Waals surface area contributed by atoms with Crippen molar-refractivity contribution in [1.29, 1.82) is 0 Å². The Balaban J connectivity index is 1.84. The number of carbonyl (C=O) groups is 1. The van der Waals surface area contributed by atoms with E-state index in [1.54, 1.807) is 0 Å². The van der Waals surface area contributed by atoms with Crippen LogP contribution < -0.4 is 0 Å². The molecule has 0 saturated heterocycles. The quantitative estimate of drug-likeness (QED) is 0.795. The number of rotatable bonds is 4. The first-order chi connectivity index (χ1) is 8.75. The third kappa shape index (κ3) is 3.53. The van der Waals surface area contributed by atoms with Crippen molar-refractivity contribution < 1.29 is 9.53 Å². The van der Waals surface area contributed by atoms with Gasteiger partial charge in [0.15, 0.2) is 5.69 Å². The molecule has 0 unspecified atom stereocenters. The van der Waals surface area contributed by atoms with E-state index in [-0.39, 0.29) is 10.8 Å². The molecule has 0 amide bonds. The van der Waals surface area contributed by atoms with Gasteiger partial charge < -0.3 is 4.74 Å². The molecule has 0 aliphatic carbocycles. The third-order valence-corrected chi connectivity index (χ3v) is 2.49. The van der Waals surface area contributed by atoms with Gasteiger partial charge in [-0.3, -0.25) is 0 Å². The first-order valence-corrected chi connectivity index (χ1v) is 5.82. The Hall–Kier alpha value is -1.94. The molecule has 0 N–H and O–H groups in total. The van der Waals surface area contributed by atoms with E-state index in [1.807, 2.05) is 30.3 Å². The van der Waals surface area contributed by atoms with Gasteiger partial charge in [-0.15, -0.1) is 0 Å². The highest BCUT2D eigenvalue weighted by molar-refractivity contribution is 6.29. The van der Waals surface area contributed by atoms with Gasteiger partial charge in [-0.25, -0.2) is 14.8 Å². The fourth-order valence-corrected chi connectivity index (χ4v) is 1.50. The summed E-state index contributed by atoms with van der Waals surface area (Å²) in [6.07, 6.45) is 3.29. The molecule has 0 atom stereocenters. The largest absolute Gasteiger partial charge is 0.461 e. The number of aromatic nitrogens is 2. The highest BCUT2D eigenvalue weighted by Crippen LogP contribution is 2.04. The molecule has 0 fully saturated rings. The summed E-state index contributed by atoms with van der Waals surface area (Å²) in [6.45, 7) is 0.313. The maximum absolute atomic E-state index is 11.6. The second kappa shape index (κ2) is 6.12. The maximum Gasteiger partial charge on any atom is 0.358 e. The molecule has 2 rings (SSSR count). The van der Waals surface area contributed by atoms with Crippen LogP contribution in [-0.2, 0) is 11.2 Å². The van der Waals surface area contributed by atoms with E-state index in [0.29, 0.717) is 13.0 Å². The number of halogens is 1. The maximum atomic E-state index is 11.6. The van der Waals surface area contributed by atoms with E-state index >= 15 is 0 Å². The molecule has 0 radical (unpaired) electrons. The van der Waals surface area contributed by atoms with Crippen molar-refractivity contribution >= 4 is 17.6 Å². The molecule has 0 aliphatic heterocycles. The van der Waals surface area contributed by atoms with E-state index < -0.39 is 5.97 Å². The monoisotopic (exact) mass is 262 g/mol. The summed E-state index contributed by atoms with van der Waals surface area (Å²) in [5, 5.41) is 0.246. The zero-order valence-corrected chi connectivity index (χ0v) is 10.3. The normalized spacial score (nSPS) is 10.1. The van der Waals surface area contributed by atoms with Crippen molar-refractivity contribution in [2.45, 2.75) is 6.42 Å². The number of esters is 1. The summed E-state index contributed by atoms with van der Waals surface area (Å²) < 4.78 is 5.09. The van der Waals surface area contributed by atoms with Crippen LogP contribution in [0.5, 0.6) is 0 Å². The molecular weight excluding hydrogens is 252 g/mol. The Morgan fingerprint density at radius 3 is 2.61 bits per heavy atom. The Morgan fingerprint density at radius 2 is 1.94 bits per heavy atom. The molecule has 0 aliphatic rings. The SMILES string of the molecule is O=C(OCCc1ccccc1)c1cnc(Cl)cn1. The van der Waals surface area contributed by atoms with Crippen molar-refractivity contribution in [1.82, 2.24) is 9.97 Å². The number of ether oxygens (including phenoxy) is 1. The molecular formula is C13H11ClN2O2. The Kier molecular flexibility index (Phi) is 4.25. The average Bonchev–Trinajstić information content (AvgIpc) is 2.40. The van der Waals surface area contributed by atoms with Gasteiger partial charge in [0.1, 0.15) is 5.15 Å². The van der Waals surface area contributed by atoms with Gasteiger partial charge in [-0.2, -0.15) is 0 Å². The minimum atomic E-state index is -0.491. The van der Waals surface area contributed by atoms with Crippen molar-refractivity contribution in [2.75, 3.05) is 6.61 Å². The van der Waals surface area contributed by atoms with E-state index in [4.69, 9.17) is 16.3 Å². The molecule has 18 heavy (non-hydrogen) atoms. The molecule has 1 heterocycles. The van der Waals surface area contributed by atoms with E-state index in [0.717, 1.165) is 5.56 Å². The van der Waals surface area contributed by atoms with Crippen LogP contribution in [0, 0.1) is 0 Å². The predicted molar refractivity (Wildman–Crippen MR) is 67.5 cm³/mol. The van der Waals surface area contributed by atoms with Gasteiger partial charge in [0.05, 0.1) is 19.0 Å². The first-order valence-electron chi connectivity index (χ1n) is 5.44. The second-order valence-corrected chi connectivity index (χ2v) is 3.98. The van der Waals surface area contributed by atoms with Crippen LogP contribution in [0.3, 0.4) is 0 Å². The topological polar surface area (TPSA) is 52.1 Å². The van der Waals surface area contributed by atoms with E-state index in [2.05, 4.69) is 9.97 Å². The minimum absolute atomic E-state index is 0.160. The van der Waals surface area contributed by atoms with Crippen LogP contribution in [0.1, 0.15) is 16.1 Å². The van der Waals surface area contributed by atoms with Crippen LogP contribution >= 0.6 is 11.6 Å². The number of hydrogen-bond donors (Lipinski definition) is 0. The Bertz CT molecular complexity index is 514.